The molecule has 0 aromatic carbocycles. The van der Waals surface area contributed by atoms with E-state index in [2.05, 4.69) is 0 Å². The first-order chi connectivity index (χ1) is 10.7. The average molecular weight is 426 g/mol. The standard InChI is InChI=1S/2C4H6O6.2Na.H2O3S/c2*5-1(3(7)8)2(6)4(9)10;;;1-4(2)3/h2*1-2,5-6H,(H,7,8)(H,9,10);;;(H2,1,2,3)/q;;2*+1;/p-2. The van der Waals surface area contributed by atoms with Gasteiger partial charge in [-0.15, -0.1) is 0 Å². The number of carbonyl (C=O) groups is 4. The van der Waals surface area contributed by atoms with Crippen LogP contribution in [0, 0.1) is 0 Å². The molecule has 0 aliphatic heterocycles. The quantitative estimate of drug-likeness (QED) is 0.144. The molecule has 0 saturated heterocycles. The molecule has 0 radical (unpaired) electrons. The second-order valence-electron chi connectivity index (χ2n) is 3.32. The monoisotopic (exact) mass is 426 g/mol. The maximum atomic E-state index is 9.77. The van der Waals surface area contributed by atoms with Crippen LogP contribution in [0.3, 0.4) is 0 Å². The molecule has 0 bridgehead atoms. The number of aliphatic hydroxyl groups excluding tert-OH is 4. The van der Waals surface area contributed by atoms with Crippen LogP contribution in [0.2, 0.25) is 0 Å². The molecule has 0 heterocycles. The Labute approximate surface area is 191 Å². The Hall–Kier alpha value is -0.210. The van der Waals surface area contributed by atoms with Gasteiger partial charge in [0.1, 0.15) is 12.2 Å². The third-order valence-corrected chi connectivity index (χ3v) is 1.59. The van der Waals surface area contributed by atoms with Crippen LogP contribution < -0.4 is 69.3 Å². The molecule has 4 atom stereocenters. The van der Waals surface area contributed by atoms with Crippen molar-refractivity contribution in [3.8, 4) is 0 Å². The molecule has 0 saturated carbocycles. The van der Waals surface area contributed by atoms with Crippen molar-refractivity contribution in [3.63, 3.8) is 0 Å². The molecule has 0 amide bonds. The number of aliphatic hydroxyl groups is 4. The summed E-state index contributed by atoms with van der Waals surface area (Å²) in [6, 6.07) is 0. The first-order valence-electron chi connectivity index (χ1n) is 5.06. The summed E-state index contributed by atoms with van der Waals surface area (Å²) in [5.41, 5.74) is 0. The third kappa shape index (κ3) is 21.8. The number of hydrogen-bond donors (Lipinski definition) is 8. The Morgan fingerprint density at radius 1 is 0.654 bits per heavy atom. The summed E-state index contributed by atoms with van der Waals surface area (Å²) in [7, 11) is 0. The topological polar surface area (TPSA) is 293 Å². The number of carboxylic acids is 4. The van der Waals surface area contributed by atoms with Crippen molar-refractivity contribution in [1.82, 2.24) is 0 Å². The van der Waals surface area contributed by atoms with E-state index in [0.717, 1.165) is 0 Å². The summed E-state index contributed by atoms with van der Waals surface area (Å²) in [4.78, 5) is 38.8. The van der Waals surface area contributed by atoms with E-state index in [1.54, 1.807) is 0 Å². The normalized spacial score (nSPS) is 13.5. The summed E-state index contributed by atoms with van der Waals surface area (Å²) in [6.07, 6.45) is -9.41. The zero-order chi connectivity index (χ0) is 20.2. The van der Waals surface area contributed by atoms with Gasteiger partial charge in [0.2, 0.25) is 0 Å². The predicted octanol–water partition coefficient (Wildman–Crippen LogP) is -13.2. The molecule has 26 heavy (non-hydrogen) atoms. The van der Waals surface area contributed by atoms with Gasteiger partial charge in [-0.2, -0.15) is 4.21 Å². The summed E-state index contributed by atoms with van der Waals surface area (Å²) in [6.45, 7) is 0. The Morgan fingerprint density at radius 3 is 0.885 bits per heavy atom. The van der Waals surface area contributed by atoms with E-state index < -0.39 is 59.7 Å². The summed E-state index contributed by atoms with van der Waals surface area (Å²) >= 11 is -2.61. The molecule has 0 aromatic heterocycles. The Bertz CT molecular complexity index is 395. The fourth-order valence-corrected chi connectivity index (χ4v) is 0.528. The zero-order valence-corrected chi connectivity index (χ0v) is 18.0. The van der Waals surface area contributed by atoms with Crippen LogP contribution in [0.5, 0.6) is 0 Å². The van der Waals surface area contributed by atoms with Gasteiger partial charge in [-0.05, 0) is 0 Å². The second-order valence-corrected chi connectivity index (χ2v) is 3.79. The number of carbonyl (C=O) groups excluding carboxylic acids is 2. The second kappa shape index (κ2) is 19.5. The number of rotatable bonds is 6. The van der Waals surface area contributed by atoms with Crippen LogP contribution >= 0.6 is 0 Å². The number of aliphatic carboxylic acids is 4. The van der Waals surface area contributed by atoms with E-state index in [9.17, 15) is 29.4 Å². The molecule has 18 heteroatoms. The van der Waals surface area contributed by atoms with Crippen molar-refractivity contribution in [3.05, 3.63) is 0 Å². The first kappa shape index (κ1) is 36.7. The smallest absolute Gasteiger partial charge is 0.547 e. The van der Waals surface area contributed by atoms with Gasteiger partial charge in [-0.3, -0.25) is 9.11 Å². The zero-order valence-electron chi connectivity index (χ0n) is 13.2. The molecule has 4 unspecified atom stereocenters. The van der Waals surface area contributed by atoms with Crippen LogP contribution in [0.25, 0.3) is 0 Å². The first-order valence-corrected chi connectivity index (χ1v) is 6.12. The summed E-state index contributed by atoms with van der Waals surface area (Å²) in [5.74, 6) is -7.65. The van der Waals surface area contributed by atoms with E-state index in [4.69, 9.17) is 44.0 Å². The third-order valence-electron chi connectivity index (χ3n) is 1.59. The van der Waals surface area contributed by atoms with Crippen LogP contribution in [0.1, 0.15) is 0 Å². The van der Waals surface area contributed by atoms with Gasteiger partial charge in [-0.25, -0.2) is 9.59 Å². The minimum absolute atomic E-state index is 0. The van der Waals surface area contributed by atoms with Crippen molar-refractivity contribution in [2.45, 2.75) is 24.4 Å². The van der Waals surface area contributed by atoms with Gasteiger partial charge in [0, 0.05) is 0 Å². The van der Waals surface area contributed by atoms with E-state index in [1.807, 2.05) is 0 Å². The molecule has 142 valence electrons. The van der Waals surface area contributed by atoms with Gasteiger partial charge in [0.05, 0.1) is 11.9 Å². The molecule has 0 aliphatic carbocycles. The Kier molecular flexibility index (Phi) is 27.6. The van der Waals surface area contributed by atoms with E-state index in [1.165, 1.54) is 0 Å². The van der Waals surface area contributed by atoms with Gasteiger partial charge < -0.3 is 50.4 Å². The molecule has 0 rings (SSSR count). The van der Waals surface area contributed by atoms with Crippen molar-refractivity contribution < 1.29 is 132 Å². The summed E-state index contributed by atoms with van der Waals surface area (Å²) < 4.78 is 22.8. The van der Waals surface area contributed by atoms with E-state index >= 15 is 0 Å². The van der Waals surface area contributed by atoms with Crippen molar-refractivity contribution in [2.75, 3.05) is 0 Å². The minimum Gasteiger partial charge on any atom is -0.547 e. The average Bonchev–Trinajstić information content (AvgIpc) is 2.43. The van der Waals surface area contributed by atoms with Crippen LogP contribution in [-0.2, 0) is 30.5 Å². The molecule has 8 N–H and O–H groups in total. The van der Waals surface area contributed by atoms with Crippen LogP contribution in [0.4, 0.5) is 0 Å². The van der Waals surface area contributed by atoms with Crippen LogP contribution in [-0.4, -0.2) is 92.2 Å². The molecule has 0 fully saturated rings. The Balaban J connectivity index is -0.0000000883. The van der Waals surface area contributed by atoms with Gasteiger partial charge in [0.15, 0.2) is 12.2 Å². The van der Waals surface area contributed by atoms with Crippen molar-refractivity contribution in [1.29, 1.82) is 0 Å². The Morgan fingerprint density at radius 2 is 0.808 bits per heavy atom. The van der Waals surface area contributed by atoms with Gasteiger partial charge >= 0.3 is 71.1 Å². The van der Waals surface area contributed by atoms with E-state index in [0.29, 0.717) is 0 Å². The molecular weight excluding hydrogens is 414 g/mol. The fraction of sp³-hybridized carbons (Fsp3) is 0.500. The number of carboxylic acid groups (broad SMARTS) is 4. The molecule has 0 spiro atoms. The molecular formula is C8H12Na2O15S. The summed E-state index contributed by atoms with van der Waals surface area (Å²) in [5, 5.41) is 68.3. The van der Waals surface area contributed by atoms with Gasteiger partial charge in [-0.1, -0.05) is 0 Å². The SMILES string of the molecule is O=C(O)C(O)C(O)C(=O)O.O=C([O-])C(O)C(O)C(=O)[O-].O=S(O)O.[Na+].[Na+]. The van der Waals surface area contributed by atoms with Crippen molar-refractivity contribution >= 4 is 35.2 Å². The molecule has 0 aromatic rings. The predicted molar refractivity (Wildman–Crippen MR) is 62.7 cm³/mol. The largest absolute Gasteiger partial charge is 1.00 e. The minimum atomic E-state index is -2.61. The maximum Gasteiger partial charge on any atom is 1.00 e. The van der Waals surface area contributed by atoms with Crippen molar-refractivity contribution in [2.24, 2.45) is 0 Å². The molecule has 15 nitrogen and oxygen atoms in total. The van der Waals surface area contributed by atoms with Crippen LogP contribution in [0.15, 0.2) is 0 Å². The van der Waals surface area contributed by atoms with E-state index in [-0.39, 0.29) is 59.1 Å². The van der Waals surface area contributed by atoms with Gasteiger partial charge in [0.25, 0.3) is 11.4 Å². The number of hydrogen-bond acceptors (Lipinski definition) is 11. The molecule has 0 aliphatic rings. The maximum absolute atomic E-state index is 9.77. The fourth-order valence-electron chi connectivity index (χ4n) is 0.528.